The van der Waals surface area contributed by atoms with Gasteiger partial charge in [-0.3, -0.25) is 14.7 Å². The van der Waals surface area contributed by atoms with Gasteiger partial charge in [0, 0.05) is 18.7 Å². The first-order chi connectivity index (χ1) is 12.6. The van der Waals surface area contributed by atoms with E-state index in [1.807, 2.05) is 29.6 Å². The van der Waals surface area contributed by atoms with Crippen molar-refractivity contribution in [2.75, 3.05) is 26.0 Å². The highest BCUT2D eigenvalue weighted by Gasteiger charge is 2.17. The Kier molecular flexibility index (Phi) is 5.33. The highest BCUT2D eigenvalue weighted by molar-refractivity contribution is 7.12. The number of hydrogen-bond acceptors (Lipinski definition) is 5. The molecule has 7 nitrogen and oxygen atoms in total. The number of carbonyl (C=O) groups excluding carboxylic acids is 2. The Labute approximate surface area is 154 Å². The molecule has 3 rings (SSSR count). The number of amides is 2. The number of aromatic nitrogens is 2. The average molecular weight is 370 g/mol. The molecule has 0 radical (unpaired) electrons. The van der Waals surface area contributed by atoms with Crippen LogP contribution in [0.5, 0.6) is 5.75 Å². The van der Waals surface area contributed by atoms with Gasteiger partial charge < -0.3 is 15.0 Å². The van der Waals surface area contributed by atoms with E-state index in [0.29, 0.717) is 16.4 Å². The molecule has 0 bridgehead atoms. The molecule has 3 aromatic rings. The van der Waals surface area contributed by atoms with E-state index in [-0.39, 0.29) is 18.4 Å². The third-order valence-electron chi connectivity index (χ3n) is 3.70. The molecule has 2 N–H and O–H groups in total. The highest BCUT2D eigenvalue weighted by atomic mass is 32.1. The fraction of sp³-hybridized carbons (Fsp3) is 0.167. The molecule has 0 atom stereocenters. The summed E-state index contributed by atoms with van der Waals surface area (Å²) in [6, 6.07) is 12.8. The summed E-state index contributed by atoms with van der Waals surface area (Å²) in [6.07, 6.45) is 0. The van der Waals surface area contributed by atoms with Gasteiger partial charge in [-0.25, -0.2) is 0 Å². The number of ether oxygens (including phenoxy) is 1. The van der Waals surface area contributed by atoms with Crippen LogP contribution in [0.3, 0.4) is 0 Å². The minimum Gasteiger partial charge on any atom is -0.496 e. The molecule has 0 aliphatic carbocycles. The van der Waals surface area contributed by atoms with Crippen molar-refractivity contribution in [1.29, 1.82) is 0 Å². The lowest BCUT2D eigenvalue weighted by Gasteiger charge is -2.15. The Balaban J connectivity index is 1.64. The summed E-state index contributed by atoms with van der Waals surface area (Å²) in [5.41, 5.74) is 1.56. The predicted octanol–water partition coefficient (Wildman–Crippen LogP) is 2.86. The van der Waals surface area contributed by atoms with E-state index >= 15 is 0 Å². The Hall–Kier alpha value is -3.13. The number of benzene rings is 1. The molecule has 134 valence electrons. The van der Waals surface area contributed by atoms with Gasteiger partial charge in [0.2, 0.25) is 5.91 Å². The molecule has 0 aliphatic heterocycles. The van der Waals surface area contributed by atoms with Crippen LogP contribution in [0.1, 0.15) is 9.67 Å². The number of anilines is 1. The number of likely N-dealkylation sites (N-methyl/N-ethyl adjacent to an activating group) is 1. The molecule has 0 aliphatic rings. The number of carbonyl (C=O) groups is 2. The number of thiophene rings is 1. The zero-order valence-electron chi connectivity index (χ0n) is 14.4. The fourth-order valence-electron chi connectivity index (χ4n) is 2.45. The van der Waals surface area contributed by atoms with Crippen LogP contribution in [0.15, 0.2) is 47.8 Å². The average Bonchev–Trinajstić information content (AvgIpc) is 3.32. The Morgan fingerprint density at radius 1 is 1.27 bits per heavy atom. The Bertz CT molecular complexity index is 905. The van der Waals surface area contributed by atoms with E-state index < -0.39 is 0 Å². The van der Waals surface area contributed by atoms with Crippen LogP contribution in [0, 0.1) is 0 Å². The summed E-state index contributed by atoms with van der Waals surface area (Å²) >= 11 is 1.34. The smallest absolute Gasteiger partial charge is 0.264 e. The van der Waals surface area contributed by atoms with E-state index in [9.17, 15) is 9.59 Å². The highest BCUT2D eigenvalue weighted by Crippen LogP contribution is 2.29. The standard InChI is InChI=1S/C18H18N4O3S/c1-22(18(24)15-8-5-9-26-15)11-17(23)19-16-10-13(20-21-16)12-6-3-4-7-14(12)25-2/h3-10H,11H2,1-2H3,(H2,19,20,21,23). The lowest BCUT2D eigenvalue weighted by molar-refractivity contribution is -0.116. The minimum atomic E-state index is -0.324. The van der Waals surface area contributed by atoms with Gasteiger partial charge in [0.15, 0.2) is 5.82 Å². The Morgan fingerprint density at radius 3 is 2.81 bits per heavy atom. The lowest BCUT2D eigenvalue weighted by Crippen LogP contribution is -2.34. The maximum atomic E-state index is 12.2. The third-order valence-corrected chi connectivity index (χ3v) is 4.56. The van der Waals surface area contributed by atoms with Gasteiger partial charge in [-0.05, 0) is 23.6 Å². The van der Waals surface area contributed by atoms with Crippen LogP contribution >= 0.6 is 11.3 Å². The summed E-state index contributed by atoms with van der Waals surface area (Å²) in [4.78, 5) is 26.3. The number of para-hydroxylation sites is 1. The number of methoxy groups -OCH3 is 1. The quantitative estimate of drug-likeness (QED) is 0.698. The number of H-pyrrole nitrogens is 1. The summed E-state index contributed by atoms with van der Waals surface area (Å²) in [7, 11) is 3.19. The van der Waals surface area contributed by atoms with Crippen LogP contribution in [0.2, 0.25) is 0 Å². The molecule has 2 heterocycles. The molecule has 1 aromatic carbocycles. The maximum absolute atomic E-state index is 12.2. The van der Waals surface area contributed by atoms with Crippen molar-refractivity contribution in [2.45, 2.75) is 0 Å². The molecule has 2 aromatic heterocycles. The zero-order chi connectivity index (χ0) is 18.5. The predicted molar refractivity (Wildman–Crippen MR) is 100 cm³/mol. The molecule has 0 saturated carbocycles. The Morgan fingerprint density at radius 2 is 2.08 bits per heavy atom. The summed E-state index contributed by atoms with van der Waals surface area (Å²) in [5, 5.41) is 11.5. The van der Waals surface area contributed by atoms with E-state index in [0.717, 1.165) is 11.3 Å². The van der Waals surface area contributed by atoms with Crippen molar-refractivity contribution in [3.05, 3.63) is 52.7 Å². The fourth-order valence-corrected chi connectivity index (χ4v) is 3.17. The lowest BCUT2D eigenvalue weighted by atomic mass is 10.1. The first-order valence-electron chi connectivity index (χ1n) is 7.86. The van der Waals surface area contributed by atoms with Crippen LogP contribution in [0.4, 0.5) is 5.82 Å². The number of aromatic amines is 1. The molecule has 0 saturated heterocycles. The zero-order valence-corrected chi connectivity index (χ0v) is 15.2. The van der Waals surface area contributed by atoms with Crippen LogP contribution in [-0.4, -0.2) is 47.6 Å². The normalized spacial score (nSPS) is 10.4. The van der Waals surface area contributed by atoms with Crippen LogP contribution in [0.25, 0.3) is 11.3 Å². The summed E-state index contributed by atoms with van der Waals surface area (Å²) in [6.45, 7) is -0.0619. The molecular formula is C18H18N4O3S. The molecule has 0 unspecified atom stereocenters. The monoisotopic (exact) mass is 370 g/mol. The first-order valence-corrected chi connectivity index (χ1v) is 8.74. The second-order valence-corrected chi connectivity index (χ2v) is 6.50. The minimum absolute atomic E-state index is 0.0619. The van der Waals surface area contributed by atoms with Crippen molar-refractivity contribution in [3.63, 3.8) is 0 Å². The van der Waals surface area contributed by atoms with Crippen molar-refractivity contribution in [2.24, 2.45) is 0 Å². The van der Waals surface area contributed by atoms with Gasteiger partial charge in [0.1, 0.15) is 5.75 Å². The van der Waals surface area contributed by atoms with E-state index in [1.54, 1.807) is 32.4 Å². The van der Waals surface area contributed by atoms with Gasteiger partial charge in [0.25, 0.3) is 5.91 Å². The molecule has 0 fully saturated rings. The topological polar surface area (TPSA) is 87.3 Å². The largest absolute Gasteiger partial charge is 0.496 e. The number of hydrogen-bond donors (Lipinski definition) is 2. The second-order valence-electron chi connectivity index (χ2n) is 5.55. The van der Waals surface area contributed by atoms with Crippen molar-refractivity contribution in [3.8, 4) is 17.0 Å². The van der Waals surface area contributed by atoms with E-state index in [2.05, 4.69) is 15.5 Å². The number of nitrogens with zero attached hydrogens (tertiary/aromatic N) is 2. The van der Waals surface area contributed by atoms with Gasteiger partial charge in [-0.15, -0.1) is 11.3 Å². The van der Waals surface area contributed by atoms with E-state index in [1.165, 1.54) is 16.2 Å². The first kappa shape index (κ1) is 17.7. The van der Waals surface area contributed by atoms with E-state index in [4.69, 9.17) is 4.74 Å². The van der Waals surface area contributed by atoms with Gasteiger partial charge in [0.05, 0.1) is 24.2 Å². The molecular weight excluding hydrogens is 352 g/mol. The van der Waals surface area contributed by atoms with Crippen molar-refractivity contribution >= 4 is 29.0 Å². The summed E-state index contributed by atoms with van der Waals surface area (Å²) in [5.74, 6) is 0.575. The molecule has 8 heteroatoms. The molecule has 26 heavy (non-hydrogen) atoms. The third kappa shape index (κ3) is 3.92. The van der Waals surface area contributed by atoms with Gasteiger partial charge in [-0.2, -0.15) is 5.10 Å². The van der Waals surface area contributed by atoms with Gasteiger partial charge in [-0.1, -0.05) is 18.2 Å². The number of rotatable bonds is 6. The summed E-state index contributed by atoms with van der Waals surface area (Å²) < 4.78 is 5.33. The van der Waals surface area contributed by atoms with Gasteiger partial charge >= 0.3 is 0 Å². The SMILES string of the molecule is COc1ccccc1-c1cc(NC(=O)CN(C)C(=O)c2cccs2)n[nH]1. The van der Waals surface area contributed by atoms with Crippen molar-refractivity contribution in [1.82, 2.24) is 15.1 Å². The van der Waals surface area contributed by atoms with Crippen molar-refractivity contribution < 1.29 is 14.3 Å². The molecule has 2 amide bonds. The molecule has 0 spiro atoms. The second kappa shape index (κ2) is 7.83. The number of nitrogens with one attached hydrogen (secondary N) is 2. The maximum Gasteiger partial charge on any atom is 0.264 e. The van der Waals surface area contributed by atoms with Crippen LogP contribution in [-0.2, 0) is 4.79 Å². The van der Waals surface area contributed by atoms with Crippen LogP contribution < -0.4 is 10.1 Å².